The first-order valence-corrected chi connectivity index (χ1v) is 6.04. The third-order valence-corrected chi connectivity index (χ3v) is 3.00. The molecule has 0 unspecified atom stereocenters. The van der Waals surface area contributed by atoms with E-state index in [0.29, 0.717) is 11.4 Å². The van der Waals surface area contributed by atoms with E-state index in [2.05, 4.69) is 9.97 Å². The van der Waals surface area contributed by atoms with Crippen LogP contribution in [0.3, 0.4) is 0 Å². The maximum atomic E-state index is 13.4. The first-order valence-electron chi connectivity index (χ1n) is 6.04. The molecule has 0 saturated carbocycles. The summed E-state index contributed by atoms with van der Waals surface area (Å²) >= 11 is 0. The number of carbonyl (C=O) groups is 1. The molecular formula is C14H9F2N3O2. The van der Waals surface area contributed by atoms with Gasteiger partial charge >= 0.3 is 5.97 Å². The van der Waals surface area contributed by atoms with Crippen molar-refractivity contribution in [1.29, 1.82) is 0 Å². The summed E-state index contributed by atoms with van der Waals surface area (Å²) in [5.41, 5.74) is 0.972. The number of imidazole rings is 1. The standard InChI is InChI=1S/C14H9F2N3O2/c15-9-4-11-12(5-10(9)16)19(7-13(20)21)14(18-11)8-2-1-3-17-6-8/h1-6H,7H2,(H,20,21). The molecule has 2 aromatic heterocycles. The van der Waals surface area contributed by atoms with E-state index < -0.39 is 24.1 Å². The smallest absolute Gasteiger partial charge is 0.323 e. The minimum Gasteiger partial charge on any atom is -0.480 e. The van der Waals surface area contributed by atoms with Gasteiger partial charge in [0.25, 0.3) is 0 Å². The maximum absolute atomic E-state index is 13.4. The minimum atomic E-state index is -1.11. The first kappa shape index (κ1) is 13.2. The number of nitrogens with zero attached hydrogens (tertiary/aromatic N) is 3. The van der Waals surface area contributed by atoms with Gasteiger partial charge in [-0.3, -0.25) is 9.78 Å². The molecule has 0 radical (unpaired) electrons. The number of benzene rings is 1. The Balaban J connectivity index is 2.30. The molecule has 0 bridgehead atoms. The average molecular weight is 289 g/mol. The number of carboxylic acids is 1. The molecular weight excluding hydrogens is 280 g/mol. The monoisotopic (exact) mass is 289 g/mol. The van der Waals surface area contributed by atoms with Gasteiger partial charge in [-0.05, 0) is 12.1 Å². The predicted octanol–water partition coefficient (Wildman–Crippen LogP) is 2.46. The van der Waals surface area contributed by atoms with Crippen molar-refractivity contribution in [1.82, 2.24) is 14.5 Å². The number of aliphatic carboxylic acids is 1. The summed E-state index contributed by atoms with van der Waals surface area (Å²) in [5, 5.41) is 9.01. The molecule has 1 aromatic carbocycles. The molecule has 106 valence electrons. The highest BCUT2D eigenvalue weighted by atomic mass is 19.2. The lowest BCUT2D eigenvalue weighted by Gasteiger charge is -2.06. The van der Waals surface area contributed by atoms with E-state index >= 15 is 0 Å². The van der Waals surface area contributed by atoms with Crippen LogP contribution in [0, 0.1) is 11.6 Å². The predicted molar refractivity (Wildman–Crippen MR) is 70.5 cm³/mol. The number of carboxylic acid groups (broad SMARTS) is 1. The van der Waals surface area contributed by atoms with Gasteiger partial charge in [-0.15, -0.1) is 0 Å². The number of aromatic nitrogens is 3. The fraction of sp³-hybridized carbons (Fsp3) is 0.0714. The van der Waals surface area contributed by atoms with Crippen molar-refractivity contribution >= 4 is 17.0 Å². The van der Waals surface area contributed by atoms with Crippen molar-refractivity contribution in [2.24, 2.45) is 0 Å². The summed E-state index contributed by atoms with van der Waals surface area (Å²) in [6.07, 6.45) is 3.07. The van der Waals surface area contributed by atoms with Crippen molar-refractivity contribution in [3.63, 3.8) is 0 Å². The van der Waals surface area contributed by atoms with E-state index in [4.69, 9.17) is 5.11 Å². The van der Waals surface area contributed by atoms with Crippen molar-refractivity contribution in [2.45, 2.75) is 6.54 Å². The fourth-order valence-electron chi connectivity index (χ4n) is 2.13. The Morgan fingerprint density at radius 3 is 2.71 bits per heavy atom. The summed E-state index contributed by atoms with van der Waals surface area (Å²) in [6, 6.07) is 5.25. The maximum Gasteiger partial charge on any atom is 0.323 e. The second-order valence-electron chi connectivity index (χ2n) is 4.41. The van der Waals surface area contributed by atoms with Gasteiger partial charge in [-0.2, -0.15) is 0 Å². The van der Waals surface area contributed by atoms with E-state index in [1.807, 2.05) is 0 Å². The summed E-state index contributed by atoms with van der Waals surface area (Å²) < 4.78 is 28.0. The Hall–Kier alpha value is -2.83. The van der Waals surface area contributed by atoms with Crippen LogP contribution >= 0.6 is 0 Å². The highest BCUT2D eigenvalue weighted by molar-refractivity contribution is 5.82. The number of fused-ring (bicyclic) bond motifs is 1. The second kappa shape index (κ2) is 4.93. The Morgan fingerprint density at radius 1 is 1.29 bits per heavy atom. The van der Waals surface area contributed by atoms with Crippen LogP contribution in [-0.2, 0) is 11.3 Å². The van der Waals surface area contributed by atoms with E-state index in [1.165, 1.54) is 10.8 Å². The van der Waals surface area contributed by atoms with Crippen LogP contribution in [0.25, 0.3) is 22.4 Å². The number of hydrogen-bond acceptors (Lipinski definition) is 3. The SMILES string of the molecule is O=C(O)Cn1c(-c2cccnc2)nc2cc(F)c(F)cc21. The Bertz CT molecular complexity index is 831. The molecule has 21 heavy (non-hydrogen) atoms. The average Bonchev–Trinajstić information content (AvgIpc) is 2.78. The van der Waals surface area contributed by atoms with Gasteiger partial charge in [-0.25, -0.2) is 13.8 Å². The minimum absolute atomic E-state index is 0.189. The zero-order chi connectivity index (χ0) is 15.0. The lowest BCUT2D eigenvalue weighted by Crippen LogP contribution is -2.10. The van der Waals surface area contributed by atoms with Gasteiger partial charge in [0, 0.05) is 30.1 Å². The van der Waals surface area contributed by atoms with Gasteiger partial charge in [0.05, 0.1) is 11.0 Å². The van der Waals surface area contributed by atoms with Gasteiger partial charge in [-0.1, -0.05) is 0 Å². The van der Waals surface area contributed by atoms with E-state index in [9.17, 15) is 13.6 Å². The van der Waals surface area contributed by atoms with Crippen molar-refractivity contribution < 1.29 is 18.7 Å². The van der Waals surface area contributed by atoms with Gasteiger partial charge in [0.2, 0.25) is 0 Å². The molecule has 2 heterocycles. The molecule has 0 aliphatic carbocycles. The summed E-state index contributed by atoms with van der Waals surface area (Å²) in [4.78, 5) is 19.1. The summed E-state index contributed by atoms with van der Waals surface area (Å²) in [6.45, 7) is -0.411. The van der Waals surface area contributed by atoms with Gasteiger partial charge < -0.3 is 9.67 Å². The van der Waals surface area contributed by atoms with Gasteiger partial charge in [0.1, 0.15) is 12.4 Å². The van der Waals surface area contributed by atoms with Crippen molar-refractivity contribution in [3.8, 4) is 11.4 Å². The highest BCUT2D eigenvalue weighted by Gasteiger charge is 2.17. The zero-order valence-corrected chi connectivity index (χ0v) is 10.6. The van der Waals surface area contributed by atoms with E-state index in [0.717, 1.165) is 12.1 Å². The Kier molecular flexibility index (Phi) is 3.09. The number of rotatable bonds is 3. The summed E-state index contributed by atoms with van der Waals surface area (Å²) in [5.74, 6) is -2.89. The number of hydrogen-bond donors (Lipinski definition) is 1. The molecule has 7 heteroatoms. The molecule has 3 rings (SSSR count). The normalized spacial score (nSPS) is 11.0. The molecule has 0 spiro atoms. The van der Waals surface area contributed by atoms with Crippen LogP contribution in [-0.4, -0.2) is 25.6 Å². The van der Waals surface area contributed by atoms with Crippen LogP contribution in [0.1, 0.15) is 0 Å². The molecule has 1 N–H and O–H groups in total. The van der Waals surface area contributed by atoms with E-state index in [-0.39, 0.29) is 11.0 Å². The first-order chi connectivity index (χ1) is 10.1. The quantitative estimate of drug-likeness (QED) is 0.804. The largest absolute Gasteiger partial charge is 0.480 e. The van der Waals surface area contributed by atoms with Crippen LogP contribution in [0.4, 0.5) is 8.78 Å². The molecule has 0 aliphatic rings. The highest BCUT2D eigenvalue weighted by Crippen LogP contribution is 2.26. The Morgan fingerprint density at radius 2 is 2.05 bits per heavy atom. The second-order valence-corrected chi connectivity index (χ2v) is 4.41. The van der Waals surface area contributed by atoms with Crippen molar-refractivity contribution in [3.05, 3.63) is 48.3 Å². The van der Waals surface area contributed by atoms with Crippen LogP contribution in [0.5, 0.6) is 0 Å². The topological polar surface area (TPSA) is 68.0 Å². The number of pyridine rings is 1. The number of halogens is 2. The molecule has 3 aromatic rings. The lowest BCUT2D eigenvalue weighted by molar-refractivity contribution is -0.137. The fourth-order valence-corrected chi connectivity index (χ4v) is 2.13. The molecule has 0 amide bonds. The van der Waals surface area contributed by atoms with E-state index in [1.54, 1.807) is 18.3 Å². The molecule has 0 fully saturated rings. The third kappa shape index (κ3) is 2.33. The molecule has 0 aliphatic heterocycles. The van der Waals surface area contributed by atoms with Crippen LogP contribution in [0.2, 0.25) is 0 Å². The molecule has 5 nitrogen and oxygen atoms in total. The zero-order valence-electron chi connectivity index (χ0n) is 10.6. The van der Waals surface area contributed by atoms with Gasteiger partial charge in [0.15, 0.2) is 11.6 Å². The van der Waals surface area contributed by atoms with Crippen LogP contribution < -0.4 is 0 Å². The Labute approximate surface area is 117 Å². The van der Waals surface area contributed by atoms with Crippen LogP contribution in [0.15, 0.2) is 36.7 Å². The molecule has 0 atom stereocenters. The summed E-state index contributed by atoms with van der Waals surface area (Å²) in [7, 11) is 0. The third-order valence-electron chi connectivity index (χ3n) is 3.00. The van der Waals surface area contributed by atoms with Crippen molar-refractivity contribution in [2.75, 3.05) is 0 Å². The molecule has 0 saturated heterocycles. The lowest BCUT2D eigenvalue weighted by atomic mass is 10.2.